The number of benzene rings is 2. The van der Waals surface area contributed by atoms with Gasteiger partial charge < -0.3 is 9.47 Å². The fraction of sp³-hybridized carbons (Fsp3) is 0.167. The van der Waals surface area contributed by atoms with Crippen LogP contribution in [0, 0.1) is 6.92 Å². The van der Waals surface area contributed by atoms with Gasteiger partial charge in [0.2, 0.25) is 0 Å². The zero-order chi connectivity index (χ0) is 22.5. The minimum absolute atomic E-state index is 0.146. The molecule has 2 aromatic carbocycles. The smallest absolute Gasteiger partial charge is 0.328 e. The highest BCUT2D eigenvalue weighted by molar-refractivity contribution is 5.96. The van der Waals surface area contributed by atoms with E-state index in [0.29, 0.717) is 5.69 Å². The Bertz CT molecular complexity index is 1310. The van der Waals surface area contributed by atoms with Crippen molar-refractivity contribution >= 4 is 5.91 Å². The molecule has 0 atom stereocenters. The van der Waals surface area contributed by atoms with E-state index in [0.717, 1.165) is 28.7 Å². The Morgan fingerprint density at radius 3 is 2.44 bits per heavy atom. The van der Waals surface area contributed by atoms with Crippen LogP contribution in [0.4, 0.5) is 13.2 Å². The first-order valence-electron chi connectivity index (χ1n) is 10.1. The lowest BCUT2D eigenvalue weighted by molar-refractivity contribution is -0.138. The van der Waals surface area contributed by atoms with E-state index >= 15 is 0 Å². The summed E-state index contributed by atoms with van der Waals surface area (Å²) in [5.41, 5.74) is 2.18. The van der Waals surface area contributed by atoms with Gasteiger partial charge in [0.15, 0.2) is 0 Å². The molecule has 1 amide bonds. The van der Waals surface area contributed by atoms with E-state index in [9.17, 15) is 18.0 Å². The molecule has 0 bridgehead atoms. The molecule has 0 N–H and O–H groups in total. The van der Waals surface area contributed by atoms with Crippen molar-refractivity contribution in [3.63, 3.8) is 0 Å². The van der Waals surface area contributed by atoms with Crippen molar-refractivity contribution in [3.8, 4) is 11.5 Å². The maximum Gasteiger partial charge on any atom is 0.417 e. The molecule has 0 radical (unpaired) electrons. The van der Waals surface area contributed by atoms with E-state index in [1.807, 2.05) is 65.0 Å². The van der Waals surface area contributed by atoms with E-state index in [-0.39, 0.29) is 18.7 Å². The molecular weight excluding hydrogens is 417 g/mol. The van der Waals surface area contributed by atoms with Crippen LogP contribution >= 0.6 is 0 Å². The zero-order valence-electron chi connectivity index (χ0n) is 17.2. The number of fused-ring (bicyclic) bond motifs is 1. The fourth-order valence-electron chi connectivity index (χ4n) is 4.11. The molecule has 5 nitrogen and oxygen atoms in total. The fourth-order valence-corrected chi connectivity index (χ4v) is 4.11. The van der Waals surface area contributed by atoms with Crippen LogP contribution in [0.5, 0.6) is 0 Å². The third-order valence-electron chi connectivity index (χ3n) is 5.57. The van der Waals surface area contributed by atoms with Gasteiger partial charge in [0.05, 0.1) is 35.6 Å². The Morgan fingerprint density at radius 1 is 0.969 bits per heavy atom. The second-order valence-corrected chi connectivity index (χ2v) is 7.79. The van der Waals surface area contributed by atoms with Crippen molar-refractivity contribution in [2.24, 2.45) is 0 Å². The van der Waals surface area contributed by atoms with Crippen molar-refractivity contribution < 1.29 is 18.0 Å². The summed E-state index contributed by atoms with van der Waals surface area (Å²) < 4.78 is 44.0. The molecule has 2 aromatic heterocycles. The lowest BCUT2D eigenvalue weighted by atomic mass is 10.1. The first-order chi connectivity index (χ1) is 15.3. The highest BCUT2D eigenvalue weighted by atomic mass is 19.4. The molecule has 162 valence electrons. The topological polar surface area (TPSA) is 43.1 Å². The van der Waals surface area contributed by atoms with Crippen LogP contribution in [0.25, 0.3) is 11.5 Å². The van der Waals surface area contributed by atoms with E-state index in [1.165, 1.54) is 23.1 Å². The van der Waals surface area contributed by atoms with Gasteiger partial charge in [0.25, 0.3) is 5.91 Å². The molecule has 4 aromatic rings. The average molecular weight is 436 g/mol. The predicted molar refractivity (Wildman–Crippen MR) is 113 cm³/mol. The minimum atomic E-state index is -4.60. The number of hydrogen-bond donors (Lipinski definition) is 0. The molecule has 3 heterocycles. The largest absolute Gasteiger partial charge is 0.417 e. The molecule has 8 heteroatoms. The summed E-state index contributed by atoms with van der Waals surface area (Å²) in [6.07, 6.45) is -0.836. The number of alkyl halides is 3. The average Bonchev–Trinajstić information content (AvgIpc) is 3.48. The first kappa shape index (κ1) is 20.1. The Hall–Kier alpha value is -3.81. The molecule has 0 unspecified atom stereocenters. The molecule has 0 fully saturated rings. The quantitative estimate of drug-likeness (QED) is 0.446. The van der Waals surface area contributed by atoms with Gasteiger partial charge in [0, 0.05) is 18.0 Å². The summed E-state index contributed by atoms with van der Waals surface area (Å²) in [4.78, 5) is 14.5. The van der Waals surface area contributed by atoms with Gasteiger partial charge in [-0.2, -0.15) is 18.3 Å². The van der Waals surface area contributed by atoms with Crippen LogP contribution < -0.4 is 0 Å². The molecular formula is C24H19F3N4O. The molecule has 5 rings (SSSR count). The molecule has 0 saturated carbocycles. The SMILES string of the molecule is Cc1cccc(-n2nc3c(c2-n2cccc2)CN(C(=O)c2ccccc2C(F)(F)F)C3)c1. The third-order valence-corrected chi connectivity index (χ3v) is 5.57. The monoisotopic (exact) mass is 436 g/mol. The second kappa shape index (κ2) is 7.40. The summed E-state index contributed by atoms with van der Waals surface area (Å²) in [5.74, 6) is 0.117. The van der Waals surface area contributed by atoms with E-state index in [2.05, 4.69) is 0 Å². The standard InChI is InChI=1S/C24H19F3N4O/c1-16-7-6-8-17(13-16)31-22(29-11-4-5-12-29)19-14-30(15-21(19)28-31)23(32)18-9-2-3-10-20(18)24(25,26)27/h2-13H,14-15H2,1H3. The van der Waals surface area contributed by atoms with Crippen LogP contribution in [0.15, 0.2) is 73.1 Å². The van der Waals surface area contributed by atoms with Gasteiger partial charge in [-0.1, -0.05) is 24.3 Å². The Morgan fingerprint density at radius 2 is 1.72 bits per heavy atom. The van der Waals surface area contributed by atoms with Gasteiger partial charge in [-0.15, -0.1) is 0 Å². The number of carbonyl (C=O) groups is 1. The lowest BCUT2D eigenvalue weighted by Gasteiger charge is -2.20. The summed E-state index contributed by atoms with van der Waals surface area (Å²) in [6.45, 7) is 2.32. The first-order valence-corrected chi connectivity index (χ1v) is 10.1. The van der Waals surface area contributed by atoms with E-state index in [1.54, 1.807) is 0 Å². The van der Waals surface area contributed by atoms with Crippen LogP contribution in [-0.2, 0) is 19.3 Å². The Kier molecular flexibility index (Phi) is 4.65. The second-order valence-electron chi connectivity index (χ2n) is 7.79. The van der Waals surface area contributed by atoms with Crippen molar-refractivity contribution in [1.29, 1.82) is 0 Å². The highest BCUT2D eigenvalue weighted by Gasteiger charge is 2.38. The van der Waals surface area contributed by atoms with Gasteiger partial charge in [-0.25, -0.2) is 4.68 Å². The number of carbonyl (C=O) groups excluding carboxylic acids is 1. The van der Waals surface area contributed by atoms with Gasteiger partial charge in [0.1, 0.15) is 5.82 Å². The number of rotatable bonds is 3. The molecule has 0 spiro atoms. The molecule has 32 heavy (non-hydrogen) atoms. The molecule has 0 aliphatic carbocycles. The van der Waals surface area contributed by atoms with Gasteiger partial charge >= 0.3 is 6.18 Å². The lowest BCUT2D eigenvalue weighted by Crippen LogP contribution is -2.28. The van der Waals surface area contributed by atoms with Gasteiger partial charge in [-0.05, 0) is 48.9 Å². The number of aryl methyl sites for hydroxylation is 1. The minimum Gasteiger partial charge on any atom is -0.328 e. The zero-order valence-corrected chi connectivity index (χ0v) is 17.2. The van der Waals surface area contributed by atoms with Crippen LogP contribution in [0.2, 0.25) is 0 Å². The Balaban J connectivity index is 1.54. The predicted octanol–water partition coefficient (Wildman–Crippen LogP) is 5.15. The highest BCUT2D eigenvalue weighted by Crippen LogP contribution is 2.35. The van der Waals surface area contributed by atoms with Crippen molar-refractivity contribution in [3.05, 3.63) is 101 Å². The third kappa shape index (κ3) is 3.37. The van der Waals surface area contributed by atoms with Crippen LogP contribution in [-0.4, -0.2) is 25.2 Å². The number of aromatic nitrogens is 3. The van der Waals surface area contributed by atoms with Gasteiger partial charge in [-0.3, -0.25) is 4.79 Å². The summed E-state index contributed by atoms with van der Waals surface area (Å²) in [5, 5.41) is 4.74. The normalized spacial score (nSPS) is 13.4. The van der Waals surface area contributed by atoms with Crippen molar-refractivity contribution in [2.45, 2.75) is 26.2 Å². The molecule has 1 aliphatic heterocycles. The maximum absolute atomic E-state index is 13.4. The van der Waals surface area contributed by atoms with Crippen LogP contribution in [0.3, 0.4) is 0 Å². The number of nitrogens with zero attached hydrogens (tertiary/aromatic N) is 4. The van der Waals surface area contributed by atoms with Crippen LogP contribution in [0.1, 0.15) is 32.7 Å². The van der Waals surface area contributed by atoms with E-state index < -0.39 is 17.6 Å². The maximum atomic E-state index is 13.4. The summed E-state index contributed by atoms with van der Waals surface area (Å²) >= 11 is 0. The number of halogens is 3. The summed E-state index contributed by atoms with van der Waals surface area (Å²) in [6, 6.07) is 16.6. The van der Waals surface area contributed by atoms with Crippen molar-refractivity contribution in [1.82, 2.24) is 19.2 Å². The summed E-state index contributed by atoms with van der Waals surface area (Å²) in [7, 11) is 0. The van der Waals surface area contributed by atoms with Crippen molar-refractivity contribution in [2.75, 3.05) is 0 Å². The number of amides is 1. The number of hydrogen-bond acceptors (Lipinski definition) is 2. The molecule has 1 aliphatic rings. The molecule has 0 saturated heterocycles. The van der Waals surface area contributed by atoms with E-state index in [4.69, 9.17) is 5.10 Å². The Labute approximate surface area is 182 Å².